The summed E-state index contributed by atoms with van der Waals surface area (Å²) >= 11 is 0. The van der Waals surface area contributed by atoms with Gasteiger partial charge in [0.25, 0.3) is 0 Å². The molecule has 0 bridgehead atoms. The van der Waals surface area contributed by atoms with Gasteiger partial charge in [0, 0.05) is 14.2 Å². The van der Waals surface area contributed by atoms with Crippen LogP contribution in [0.1, 0.15) is 44.9 Å². The highest BCUT2D eigenvalue weighted by Crippen LogP contribution is 2.19. The van der Waals surface area contributed by atoms with Gasteiger partial charge in [0.1, 0.15) is 0 Å². The van der Waals surface area contributed by atoms with Crippen molar-refractivity contribution >= 4 is 8.56 Å². The Hall–Kier alpha value is -0.203. The number of hydrogen-bond acceptors (Lipinski definition) is 4. The van der Waals surface area contributed by atoms with Crippen LogP contribution in [0, 0.1) is 0 Å². The van der Waals surface area contributed by atoms with E-state index in [0.29, 0.717) is 26.4 Å². The molecule has 0 amide bonds. The molecule has 0 fully saturated rings. The summed E-state index contributed by atoms with van der Waals surface area (Å²) in [5.74, 6) is 0. The Morgan fingerprint density at radius 2 is 1.27 bits per heavy atom. The van der Waals surface area contributed by atoms with Gasteiger partial charge in [-0.3, -0.25) is 0 Å². The van der Waals surface area contributed by atoms with Gasteiger partial charge in [-0.05, 0) is 25.4 Å². The summed E-state index contributed by atoms with van der Waals surface area (Å²) in [6.07, 6.45) is 10.8. The molecule has 0 atom stereocenters. The van der Waals surface area contributed by atoms with Gasteiger partial charge in [0.2, 0.25) is 0 Å². The fraction of sp³-hybridized carbons (Fsp3) is 0.882. The molecule has 0 aliphatic heterocycles. The Balaban J connectivity index is 3.83. The zero-order valence-corrected chi connectivity index (χ0v) is 15.9. The van der Waals surface area contributed by atoms with Crippen LogP contribution < -0.4 is 0 Å². The molecule has 0 radical (unpaired) electrons. The number of unbranched alkanes of at least 4 members (excludes halogenated alkanes) is 6. The molecule has 0 rings (SSSR count). The van der Waals surface area contributed by atoms with Crippen molar-refractivity contribution in [2.24, 2.45) is 0 Å². The van der Waals surface area contributed by atoms with Crippen molar-refractivity contribution in [1.29, 1.82) is 0 Å². The molecule has 0 aliphatic carbocycles. The maximum Gasteiger partial charge on any atom is 0.335 e. The SMILES string of the molecule is C=CCCCCCCCC[Si](C)(OCCOC)OCCOC. The Bertz CT molecular complexity index is 239. The van der Waals surface area contributed by atoms with Gasteiger partial charge in [-0.25, -0.2) is 0 Å². The monoisotopic (exact) mass is 332 g/mol. The molecule has 5 heteroatoms. The van der Waals surface area contributed by atoms with Gasteiger partial charge in [-0.2, -0.15) is 0 Å². The molecule has 132 valence electrons. The Morgan fingerprint density at radius 3 is 1.77 bits per heavy atom. The fourth-order valence-corrected chi connectivity index (χ4v) is 4.60. The molecule has 0 aromatic heterocycles. The van der Waals surface area contributed by atoms with E-state index in [1.165, 1.54) is 38.5 Å². The second-order valence-corrected chi connectivity index (χ2v) is 9.11. The van der Waals surface area contributed by atoms with Crippen molar-refractivity contribution in [3.05, 3.63) is 12.7 Å². The van der Waals surface area contributed by atoms with E-state index in [1.807, 2.05) is 6.08 Å². The molecule has 0 unspecified atom stereocenters. The van der Waals surface area contributed by atoms with E-state index in [2.05, 4.69) is 13.1 Å². The maximum atomic E-state index is 6.00. The standard InChI is InChI=1S/C17H36O4Si/c1-5-6-7-8-9-10-11-12-17-22(4,20-15-13-18-2)21-16-14-19-3/h5H,1,6-17H2,2-4H3. The van der Waals surface area contributed by atoms with Crippen molar-refractivity contribution in [3.8, 4) is 0 Å². The molecular formula is C17H36O4Si. The molecule has 0 aromatic rings. The molecular weight excluding hydrogens is 296 g/mol. The van der Waals surface area contributed by atoms with Crippen molar-refractivity contribution in [2.75, 3.05) is 40.6 Å². The zero-order chi connectivity index (χ0) is 16.5. The van der Waals surface area contributed by atoms with Crippen molar-refractivity contribution in [3.63, 3.8) is 0 Å². The quantitative estimate of drug-likeness (QED) is 0.226. The van der Waals surface area contributed by atoms with Crippen LogP contribution >= 0.6 is 0 Å². The van der Waals surface area contributed by atoms with Gasteiger partial charge < -0.3 is 18.3 Å². The summed E-state index contributed by atoms with van der Waals surface area (Å²) in [4.78, 5) is 0. The average molecular weight is 333 g/mol. The minimum absolute atomic E-state index is 0.619. The van der Waals surface area contributed by atoms with Crippen LogP contribution in [-0.4, -0.2) is 49.2 Å². The van der Waals surface area contributed by atoms with Crippen molar-refractivity contribution in [2.45, 2.75) is 57.5 Å². The van der Waals surface area contributed by atoms with Crippen LogP contribution in [0.15, 0.2) is 12.7 Å². The molecule has 0 saturated carbocycles. The van der Waals surface area contributed by atoms with Gasteiger partial charge >= 0.3 is 8.56 Å². The van der Waals surface area contributed by atoms with Crippen molar-refractivity contribution in [1.82, 2.24) is 0 Å². The van der Waals surface area contributed by atoms with Crippen molar-refractivity contribution < 1.29 is 18.3 Å². The van der Waals surface area contributed by atoms with Gasteiger partial charge in [-0.1, -0.05) is 38.2 Å². The number of hydrogen-bond donors (Lipinski definition) is 0. The van der Waals surface area contributed by atoms with E-state index < -0.39 is 8.56 Å². The summed E-state index contributed by atoms with van der Waals surface area (Å²) in [6, 6.07) is 1.05. The first-order valence-corrected chi connectivity index (χ1v) is 11.1. The first-order valence-electron chi connectivity index (χ1n) is 8.55. The Labute approximate surface area is 138 Å². The maximum absolute atomic E-state index is 6.00. The summed E-state index contributed by atoms with van der Waals surface area (Å²) in [7, 11) is 1.31. The predicted octanol–water partition coefficient (Wildman–Crippen LogP) is 4.30. The third-order valence-corrected chi connectivity index (χ3v) is 6.57. The number of methoxy groups -OCH3 is 2. The Kier molecular flexibility index (Phi) is 15.5. The van der Waals surface area contributed by atoms with E-state index in [-0.39, 0.29) is 0 Å². The molecule has 0 heterocycles. The third-order valence-electron chi connectivity index (χ3n) is 3.68. The second-order valence-electron chi connectivity index (χ2n) is 5.77. The van der Waals surface area contributed by atoms with E-state index >= 15 is 0 Å². The molecule has 22 heavy (non-hydrogen) atoms. The smallest absolute Gasteiger partial charge is 0.335 e. The van der Waals surface area contributed by atoms with Crippen LogP contribution in [-0.2, 0) is 18.3 Å². The van der Waals surface area contributed by atoms with E-state index in [1.54, 1.807) is 14.2 Å². The lowest BCUT2D eigenvalue weighted by Gasteiger charge is -2.27. The summed E-state index contributed by atoms with van der Waals surface area (Å²) in [5.41, 5.74) is 0. The van der Waals surface area contributed by atoms with Gasteiger partial charge in [-0.15, -0.1) is 6.58 Å². The lowest BCUT2D eigenvalue weighted by atomic mass is 10.1. The molecule has 0 aromatic carbocycles. The average Bonchev–Trinajstić information content (AvgIpc) is 2.51. The topological polar surface area (TPSA) is 36.9 Å². The van der Waals surface area contributed by atoms with Gasteiger partial charge in [0.15, 0.2) is 0 Å². The van der Waals surface area contributed by atoms with E-state index in [4.69, 9.17) is 18.3 Å². The summed E-state index contributed by atoms with van der Waals surface area (Å²) in [6.45, 7) is 8.40. The highest BCUT2D eigenvalue weighted by molar-refractivity contribution is 6.66. The number of rotatable bonds is 17. The Morgan fingerprint density at radius 1 is 0.773 bits per heavy atom. The van der Waals surface area contributed by atoms with E-state index in [0.717, 1.165) is 12.5 Å². The second kappa shape index (κ2) is 15.7. The van der Waals surface area contributed by atoms with Crippen LogP contribution in [0.3, 0.4) is 0 Å². The first-order chi connectivity index (χ1) is 10.7. The number of allylic oxidation sites excluding steroid dienone is 1. The fourth-order valence-electron chi connectivity index (χ4n) is 2.31. The molecule has 4 nitrogen and oxygen atoms in total. The third kappa shape index (κ3) is 13.5. The zero-order valence-electron chi connectivity index (χ0n) is 14.9. The number of ether oxygens (including phenoxy) is 2. The van der Waals surface area contributed by atoms with Crippen LogP contribution in [0.25, 0.3) is 0 Å². The summed E-state index contributed by atoms with van der Waals surface area (Å²) < 4.78 is 22.1. The molecule has 0 spiro atoms. The van der Waals surface area contributed by atoms with Gasteiger partial charge in [0.05, 0.1) is 26.4 Å². The lowest BCUT2D eigenvalue weighted by molar-refractivity contribution is 0.0882. The molecule has 0 aliphatic rings. The van der Waals surface area contributed by atoms with Crippen LogP contribution in [0.5, 0.6) is 0 Å². The first kappa shape index (κ1) is 21.8. The normalized spacial score (nSPS) is 11.8. The lowest BCUT2D eigenvalue weighted by Crippen LogP contribution is -2.40. The van der Waals surface area contributed by atoms with Crippen LogP contribution in [0.2, 0.25) is 12.6 Å². The highest BCUT2D eigenvalue weighted by atomic mass is 28.4. The summed E-state index contributed by atoms with van der Waals surface area (Å²) in [5, 5.41) is 0. The minimum atomic E-state index is -2.08. The predicted molar refractivity (Wildman–Crippen MR) is 94.6 cm³/mol. The molecule has 0 N–H and O–H groups in total. The highest BCUT2D eigenvalue weighted by Gasteiger charge is 2.30. The van der Waals surface area contributed by atoms with Crippen LogP contribution in [0.4, 0.5) is 0 Å². The molecule has 0 saturated heterocycles. The largest absolute Gasteiger partial charge is 0.392 e. The van der Waals surface area contributed by atoms with E-state index in [9.17, 15) is 0 Å². The minimum Gasteiger partial charge on any atom is -0.392 e.